The van der Waals surface area contributed by atoms with Crippen LogP contribution < -0.4 is 0 Å². The van der Waals surface area contributed by atoms with E-state index in [1.54, 1.807) is 6.92 Å². The Kier molecular flexibility index (Phi) is 4.99. The van der Waals surface area contributed by atoms with E-state index >= 15 is 0 Å². The third kappa shape index (κ3) is 4.08. The summed E-state index contributed by atoms with van der Waals surface area (Å²) in [7, 11) is 0. The molecule has 0 spiro atoms. The van der Waals surface area contributed by atoms with E-state index in [1.165, 1.54) is 0 Å². The molecule has 0 saturated carbocycles. The second kappa shape index (κ2) is 6.27. The van der Waals surface area contributed by atoms with E-state index in [0.717, 1.165) is 18.3 Å². The highest BCUT2D eigenvalue weighted by molar-refractivity contribution is 5.80. The van der Waals surface area contributed by atoms with Crippen LogP contribution in [-0.4, -0.2) is 29.3 Å². The Morgan fingerprint density at radius 2 is 1.94 bits per heavy atom. The fraction of sp³-hybridized carbons (Fsp3) is 0.364. The first-order valence-electron chi connectivity index (χ1n) is 5.04. The van der Waals surface area contributed by atoms with Crippen molar-refractivity contribution < 1.29 is 23.8 Å². The van der Waals surface area contributed by atoms with Crippen molar-refractivity contribution in [1.82, 2.24) is 0 Å². The second-order valence-corrected chi connectivity index (χ2v) is 3.31. The van der Waals surface area contributed by atoms with E-state index < -0.39 is 17.9 Å². The number of aliphatic hydroxyl groups excluding tert-OH is 1. The molecular formula is C11H13F2NO3. The van der Waals surface area contributed by atoms with E-state index in [-0.39, 0.29) is 17.5 Å². The molecule has 0 bridgehead atoms. The van der Waals surface area contributed by atoms with Crippen LogP contribution >= 0.6 is 0 Å². The normalized spacial score (nSPS) is 11.4. The minimum atomic E-state index is -1.64. The summed E-state index contributed by atoms with van der Waals surface area (Å²) >= 11 is 0. The fourth-order valence-electron chi connectivity index (χ4n) is 1.25. The number of nitrogens with zero attached hydrogens (tertiary/aromatic N) is 1. The van der Waals surface area contributed by atoms with Crippen LogP contribution in [0.3, 0.4) is 0 Å². The molecule has 0 aliphatic rings. The molecule has 4 nitrogen and oxygen atoms in total. The van der Waals surface area contributed by atoms with E-state index in [1.807, 2.05) is 0 Å². The van der Waals surface area contributed by atoms with Crippen molar-refractivity contribution in [1.29, 1.82) is 0 Å². The lowest BCUT2D eigenvalue weighted by Crippen LogP contribution is -2.09. The molecule has 0 unspecified atom stereocenters. The molecule has 0 radical (unpaired) electrons. The minimum Gasteiger partial charge on any atom is -0.396 e. The van der Waals surface area contributed by atoms with Gasteiger partial charge in [-0.1, -0.05) is 5.16 Å². The maximum absolute atomic E-state index is 13.4. The number of aliphatic hydroxyl groups is 2. The number of rotatable bonds is 5. The van der Waals surface area contributed by atoms with Crippen LogP contribution in [-0.2, 0) is 11.3 Å². The first-order chi connectivity index (χ1) is 8.04. The van der Waals surface area contributed by atoms with Crippen molar-refractivity contribution in [3.63, 3.8) is 0 Å². The highest BCUT2D eigenvalue weighted by Crippen LogP contribution is 2.15. The zero-order valence-electron chi connectivity index (χ0n) is 9.23. The highest BCUT2D eigenvalue weighted by atomic mass is 19.1. The van der Waals surface area contributed by atoms with Crippen molar-refractivity contribution in [3.8, 4) is 0 Å². The van der Waals surface area contributed by atoms with Gasteiger partial charge in [0.2, 0.25) is 0 Å². The van der Waals surface area contributed by atoms with Gasteiger partial charge in [0.05, 0.1) is 11.8 Å². The maximum Gasteiger partial charge on any atom is 0.155 e. The van der Waals surface area contributed by atoms with Gasteiger partial charge in [0.25, 0.3) is 0 Å². The van der Waals surface area contributed by atoms with Gasteiger partial charge in [0.1, 0.15) is 18.2 Å². The molecule has 6 heteroatoms. The summed E-state index contributed by atoms with van der Waals surface area (Å²) in [5.74, 6) is -1.66. The van der Waals surface area contributed by atoms with Gasteiger partial charge in [-0.3, -0.25) is 0 Å². The van der Waals surface area contributed by atoms with Crippen LogP contribution in [0.2, 0.25) is 0 Å². The molecule has 0 aromatic heterocycles. The number of oxime groups is 1. The van der Waals surface area contributed by atoms with Crippen molar-refractivity contribution in [2.75, 3.05) is 6.61 Å². The van der Waals surface area contributed by atoms with Crippen LogP contribution in [0.25, 0.3) is 0 Å². The third-order valence-electron chi connectivity index (χ3n) is 1.94. The van der Waals surface area contributed by atoms with Crippen LogP contribution in [0.4, 0.5) is 8.78 Å². The predicted molar refractivity (Wildman–Crippen MR) is 57.5 cm³/mol. The topological polar surface area (TPSA) is 62.0 Å². The zero-order valence-corrected chi connectivity index (χ0v) is 9.23. The van der Waals surface area contributed by atoms with E-state index in [4.69, 9.17) is 10.2 Å². The van der Waals surface area contributed by atoms with E-state index in [0.29, 0.717) is 6.61 Å². The van der Waals surface area contributed by atoms with E-state index in [2.05, 4.69) is 9.99 Å². The van der Waals surface area contributed by atoms with Gasteiger partial charge in [-0.2, -0.15) is 0 Å². The summed E-state index contributed by atoms with van der Waals surface area (Å²) in [6.45, 7) is 1.99. The Morgan fingerprint density at radius 1 is 1.35 bits per heavy atom. The molecule has 1 aromatic carbocycles. The molecule has 0 amide bonds. The lowest BCUT2D eigenvalue weighted by molar-refractivity contribution is -0.0382. The monoisotopic (exact) mass is 245 g/mol. The molecule has 17 heavy (non-hydrogen) atoms. The summed E-state index contributed by atoms with van der Waals surface area (Å²) in [5, 5.41) is 20.8. The predicted octanol–water partition coefficient (Wildman–Crippen LogP) is 1.19. The smallest absolute Gasteiger partial charge is 0.155 e. The molecule has 1 rings (SSSR count). The zero-order chi connectivity index (χ0) is 12.8. The molecule has 0 atom stereocenters. The first kappa shape index (κ1) is 13.5. The molecule has 0 heterocycles. The molecule has 2 N–H and O–H groups in total. The van der Waals surface area contributed by atoms with Gasteiger partial charge in [-0.05, 0) is 24.6 Å². The first-order valence-corrected chi connectivity index (χ1v) is 5.04. The Hall–Kier alpha value is -1.53. The van der Waals surface area contributed by atoms with Crippen LogP contribution in [0.5, 0.6) is 0 Å². The molecule has 0 aliphatic carbocycles. The number of halogens is 2. The summed E-state index contributed by atoms with van der Waals surface area (Å²) in [5.41, 5.74) is -0.168. The summed E-state index contributed by atoms with van der Waals surface area (Å²) in [4.78, 5) is 4.60. The molecular weight excluding hydrogens is 232 g/mol. The standard InChI is InChI=1S/C11H13F2NO3/c1-2-17-14-6-8-9(12)3-7(4-10(8)13)5-11(15)16/h3-4,6,11,15-16H,2,5H2,1H3. The lowest BCUT2D eigenvalue weighted by Gasteiger charge is -2.06. The highest BCUT2D eigenvalue weighted by Gasteiger charge is 2.11. The average Bonchev–Trinajstić information content (AvgIpc) is 2.21. The third-order valence-corrected chi connectivity index (χ3v) is 1.94. The summed E-state index contributed by atoms with van der Waals surface area (Å²) in [6, 6.07) is 2.05. The molecule has 94 valence electrons. The molecule has 0 aliphatic heterocycles. The van der Waals surface area contributed by atoms with Gasteiger partial charge in [0.15, 0.2) is 6.29 Å². The fourth-order valence-corrected chi connectivity index (χ4v) is 1.25. The molecule has 0 fully saturated rings. The number of hydrogen-bond acceptors (Lipinski definition) is 4. The minimum absolute atomic E-state index is 0.156. The number of benzene rings is 1. The van der Waals surface area contributed by atoms with Gasteiger partial charge in [0, 0.05) is 6.42 Å². The van der Waals surface area contributed by atoms with Crippen LogP contribution in [0, 0.1) is 11.6 Å². The Morgan fingerprint density at radius 3 is 2.41 bits per heavy atom. The summed E-state index contributed by atoms with van der Waals surface area (Å²) < 4.78 is 26.9. The quantitative estimate of drug-likeness (QED) is 0.465. The Bertz CT molecular complexity index is 385. The van der Waals surface area contributed by atoms with Gasteiger partial charge in [-0.15, -0.1) is 0 Å². The largest absolute Gasteiger partial charge is 0.396 e. The van der Waals surface area contributed by atoms with Crippen LogP contribution in [0.1, 0.15) is 18.1 Å². The lowest BCUT2D eigenvalue weighted by atomic mass is 10.1. The van der Waals surface area contributed by atoms with Crippen molar-refractivity contribution in [2.45, 2.75) is 19.6 Å². The van der Waals surface area contributed by atoms with Gasteiger partial charge < -0.3 is 15.1 Å². The average molecular weight is 245 g/mol. The molecule has 1 aromatic rings. The van der Waals surface area contributed by atoms with Gasteiger partial charge >= 0.3 is 0 Å². The summed E-state index contributed by atoms with van der Waals surface area (Å²) in [6.07, 6.45) is -0.943. The van der Waals surface area contributed by atoms with Gasteiger partial charge in [-0.25, -0.2) is 8.78 Å². The second-order valence-electron chi connectivity index (χ2n) is 3.31. The Balaban J connectivity index is 2.94. The van der Waals surface area contributed by atoms with Crippen LogP contribution in [0.15, 0.2) is 17.3 Å². The van der Waals surface area contributed by atoms with Crippen molar-refractivity contribution in [2.24, 2.45) is 5.16 Å². The van der Waals surface area contributed by atoms with E-state index in [9.17, 15) is 8.78 Å². The maximum atomic E-state index is 13.4. The SMILES string of the molecule is CCON=Cc1c(F)cc(CC(O)O)cc1F. The molecule has 0 saturated heterocycles. The van der Waals surface area contributed by atoms with Crippen molar-refractivity contribution in [3.05, 3.63) is 34.9 Å². The number of hydrogen-bond donors (Lipinski definition) is 2. The Labute approximate surface area is 97.1 Å². The van der Waals surface area contributed by atoms with Crippen molar-refractivity contribution >= 4 is 6.21 Å².